The molecule has 2 nitrogen and oxygen atoms in total. The molecule has 1 unspecified atom stereocenters. The van der Waals surface area contributed by atoms with Gasteiger partial charge in [-0.3, -0.25) is 0 Å². The Morgan fingerprint density at radius 3 is 2.50 bits per heavy atom. The number of hydrogen-bond donors (Lipinski definition) is 1. The second-order valence-corrected chi connectivity index (χ2v) is 4.21. The minimum Gasteiger partial charge on any atom is -0.369 e. The van der Waals surface area contributed by atoms with Crippen molar-refractivity contribution in [2.45, 2.75) is 39.7 Å². The van der Waals surface area contributed by atoms with Crippen molar-refractivity contribution in [2.75, 3.05) is 18.0 Å². The third-order valence-corrected chi connectivity index (χ3v) is 3.18. The minimum atomic E-state index is 0.587. The molecule has 1 aromatic carbocycles. The van der Waals surface area contributed by atoms with Crippen LogP contribution in [0.25, 0.3) is 0 Å². The predicted molar refractivity (Wildman–Crippen MR) is 72.0 cm³/mol. The Morgan fingerprint density at radius 2 is 1.94 bits per heavy atom. The Morgan fingerprint density at radius 1 is 1.25 bits per heavy atom. The van der Waals surface area contributed by atoms with E-state index in [1.54, 1.807) is 0 Å². The average molecular weight is 220 g/mol. The molecule has 0 spiro atoms. The Kier molecular flexibility index (Phi) is 5.33. The lowest BCUT2D eigenvalue weighted by atomic mass is 10.1. The molecule has 0 amide bonds. The van der Waals surface area contributed by atoms with Crippen LogP contribution in [0.4, 0.5) is 5.69 Å². The standard InChI is InChI=1S/C14H24N2/c1-4-12(3)16(5-2)14-9-7-6-8-13(14)10-11-15/h6-9,12H,4-5,10-11,15H2,1-3H3. The molecule has 0 bridgehead atoms. The van der Waals surface area contributed by atoms with Gasteiger partial charge in [-0.05, 0) is 44.9 Å². The summed E-state index contributed by atoms with van der Waals surface area (Å²) < 4.78 is 0. The van der Waals surface area contributed by atoms with Crippen molar-refractivity contribution in [2.24, 2.45) is 5.73 Å². The molecule has 0 aliphatic rings. The SMILES string of the molecule is CCC(C)N(CC)c1ccccc1CCN. The monoisotopic (exact) mass is 220 g/mol. The van der Waals surface area contributed by atoms with E-state index in [-0.39, 0.29) is 0 Å². The summed E-state index contributed by atoms with van der Waals surface area (Å²) in [6.07, 6.45) is 2.13. The first-order valence-electron chi connectivity index (χ1n) is 6.29. The highest BCUT2D eigenvalue weighted by molar-refractivity contribution is 5.54. The summed E-state index contributed by atoms with van der Waals surface area (Å²) in [6.45, 7) is 8.50. The summed E-state index contributed by atoms with van der Waals surface area (Å²) in [4.78, 5) is 2.46. The first kappa shape index (κ1) is 13.0. The lowest BCUT2D eigenvalue weighted by molar-refractivity contribution is 0.627. The molecule has 0 fully saturated rings. The molecule has 0 heterocycles. The Hall–Kier alpha value is -1.02. The molecule has 1 aromatic rings. The summed E-state index contributed by atoms with van der Waals surface area (Å²) in [5.74, 6) is 0. The smallest absolute Gasteiger partial charge is 0.0401 e. The molecule has 0 aliphatic carbocycles. The van der Waals surface area contributed by atoms with Gasteiger partial charge >= 0.3 is 0 Å². The van der Waals surface area contributed by atoms with Crippen LogP contribution < -0.4 is 10.6 Å². The molecule has 16 heavy (non-hydrogen) atoms. The number of benzene rings is 1. The van der Waals surface area contributed by atoms with Crippen molar-refractivity contribution in [3.63, 3.8) is 0 Å². The van der Waals surface area contributed by atoms with Gasteiger partial charge in [0.1, 0.15) is 0 Å². The maximum absolute atomic E-state index is 5.66. The lowest BCUT2D eigenvalue weighted by Gasteiger charge is -2.31. The molecule has 0 aliphatic heterocycles. The number of hydrogen-bond acceptors (Lipinski definition) is 2. The van der Waals surface area contributed by atoms with Gasteiger partial charge in [-0.1, -0.05) is 25.1 Å². The first-order chi connectivity index (χ1) is 7.74. The Bertz CT molecular complexity index is 309. The maximum atomic E-state index is 5.66. The van der Waals surface area contributed by atoms with E-state index >= 15 is 0 Å². The van der Waals surface area contributed by atoms with Crippen molar-refractivity contribution >= 4 is 5.69 Å². The molecular formula is C14H24N2. The first-order valence-corrected chi connectivity index (χ1v) is 6.29. The van der Waals surface area contributed by atoms with Crippen molar-refractivity contribution in [3.05, 3.63) is 29.8 Å². The zero-order valence-corrected chi connectivity index (χ0v) is 10.7. The van der Waals surface area contributed by atoms with Crippen LogP contribution in [0.5, 0.6) is 0 Å². The van der Waals surface area contributed by atoms with Gasteiger partial charge in [-0.2, -0.15) is 0 Å². The van der Waals surface area contributed by atoms with Crippen molar-refractivity contribution in [1.82, 2.24) is 0 Å². The normalized spacial score (nSPS) is 12.5. The van der Waals surface area contributed by atoms with Crippen LogP contribution in [0, 0.1) is 0 Å². The van der Waals surface area contributed by atoms with E-state index in [2.05, 4.69) is 49.9 Å². The highest BCUT2D eigenvalue weighted by atomic mass is 15.1. The highest BCUT2D eigenvalue weighted by Crippen LogP contribution is 2.23. The number of nitrogens with zero attached hydrogens (tertiary/aromatic N) is 1. The zero-order chi connectivity index (χ0) is 12.0. The third kappa shape index (κ3) is 2.99. The quantitative estimate of drug-likeness (QED) is 0.798. The van der Waals surface area contributed by atoms with Gasteiger partial charge in [-0.15, -0.1) is 0 Å². The summed E-state index contributed by atoms with van der Waals surface area (Å²) in [7, 11) is 0. The van der Waals surface area contributed by atoms with Gasteiger partial charge in [0.05, 0.1) is 0 Å². The number of anilines is 1. The molecular weight excluding hydrogens is 196 g/mol. The molecule has 1 atom stereocenters. The van der Waals surface area contributed by atoms with Crippen LogP contribution in [0.1, 0.15) is 32.8 Å². The van der Waals surface area contributed by atoms with E-state index in [1.807, 2.05) is 0 Å². The second-order valence-electron chi connectivity index (χ2n) is 4.21. The van der Waals surface area contributed by atoms with Crippen LogP contribution in [0.15, 0.2) is 24.3 Å². The molecule has 0 saturated carbocycles. The maximum Gasteiger partial charge on any atom is 0.0401 e. The average Bonchev–Trinajstić information content (AvgIpc) is 2.32. The molecule has 1 rings (SSSR count). The van der Waals surface area contributed by atoms with Gasteiger partial charge in [0.25, 0.3) is 0 Å². The van der Waals surface area contributed by atoms with Crippen LogP contribution in [-0.4, -0.2) is 19.1 Å². The van der Waals surface area contributed by atoms with Crippen LogP contribution in [-0.2, 0) is 6.42 Å². The van der Waals surface area contributed by atoms with Gasteiger partial charge < -0.3 is 10.6 Å². The van der Waals surface area contributed by atoms with Crippen molar-refractivity contribution in [1.29, 1.82) is 0 Å². The fourth-order valence-electron chi connectivity index (χ4n) is 2.10. The van der Waals surface area contributed by atoms with Crippen LogP contribution >= 0.6 is 0 Å². The fourth-order valence-corrected chi connectivity index (χ4v) is 2.10. The van der Waals surface area contributed by atoms with E-state index in [9.17, 15) is 0 Å². The summed E-state index contributed by atoms with van der Waals surface area (Å²) >= 11 is 0. The van der Waals surface area contributed by atoms with Gasteiger partial charge in [0.15, 0.2) is 0 Å². The Balaban J connectivity index is 2.98. The van der Waals surface area contributed by atoms with Crippen molar-refractivity contribution in [3.8, 4) is 0 Å². The van der Waals surface area contributed by atoms with E-state index < -0.39 is 0 Å². The third-order valence-electron chi connectivity index (χ3n) is 3.18. The van der Waals surface area contributed by atoms with Gasteiger partial charge in [0.2, 0.25) is 0 Å². The summed E-state index contributed by atoms with van der Waals surface area (Å²) in [6, 6.07) is 9.19. The molecule has 2 heteroatoms. The van der Waals surface area contributed by atoms with E-state index in [4.69, 9.17) is 5.73 Å². The van der Waals surface area contributed by atoms with E-state index in [0.29, 0.717) is 6.04 Å². The number of nitrogens with two attached hydrogens (primary N) is 1. The summed E-state index contributed by atoms with van der Waals surface area (Å²) in [5, 5.41) is 0. The van der Waals surface area contributed by atoms with Gasteiger partial charge in [0, 0.05) is 18.3 Å². The van der Waals surface area contributed by atoms with E-state index in [1.165, 1.54) is 17.7 Å². The topological polar surface area (TPSA) is 29.3 Å². The highest BCUT2D eigenvalue weighted by Gasteiger charge is 2.13. The fraction of sp³-hybridized carbons (Fsp3) is 0.571. The second kappa shape index (κ2) is 6.54. The molecule has 0 aromatic heterocycles. The predicted octanol–water partition coefficient (Wildman–Crippen LogP) is 2.81. The van der Waals surface area contributed by atoms with Crippen molar-refractivity contribution < 1.29 is 0 Å². The Labute approximate surface area is 99.5 Å². The van der Waals surface area contributed by atoms with E-state index in [0.717, 1.165) is 19.5 Å². The minimum absolute atomic E-state index is 0.587. The van der Waals surface area contributed by atoms with Gasteiger partial charge in [-0.25, -0.2) is 0 Å². The number of rotatable bonds is 6. The zero-order valence-electron chi connectivity index (χ0n) is 10.7. The summed E-state index contributed by atoms with van der Waals surface area (Å²) in [5.41, 5.74) is 8.38. The van der Waals surface area contributed by atoms with Crippen LogP contribution in [0.2, 0.25) is 0 Å². The lowest BCUT2D eigenvalue weighted by Crippen LogP contribution is -2.33. The largest absolute Gasteiger partial charge is 0.369 e. The molecule has 0 radical (unpaired) electrons. The molecule has 2 N–H and O–H groups in total. The molecule has 0 saturated heterocycles. The molecule has 90 valence electrons. The number of para-hydroxylation sites is 1. The van der Waals surface area contributed by atoms with Crippen LogP contribution in [0.3, 0.4) is 0 Å².